The number of carboxylic acid groups (broad SMARTS) is 1. The fourth-order valence-electron chi connectivity index (χ4n) is 2.38. The standard InChI is InChI=1S/C16H28N.C2H4O2/c1-5-9-11-17-13-14(7-3)12-15(8-4)16(17)10-6-2;1-2(3)4/h12-13H,5-11H2,1-4H3;1H3,(H,3,4)/q+1;/p-1. The Morgan fingerprint density at radius 2 is 1.76 bits per heavy atom. The van der Waals surface area contributed by atoms with Crippen molar-refractivity contribution in [3.05, 3.63) is 29.1 Å². The molecule has 0 radical (unpaired) electrons. The highest BCUT2D eigenvalue weighted by Crippen LogP contribution is 2.11. The van der Waals surface area contributed by atoms with Gasteiger partial charge in [-0.15, -0.1) is 0 Å². The molecule has 0 amide bonds. The van der Waals surface area contributed by atoms with E-state index in [1.54, 1.807) is 11.3 Å². The van der Waals surface area contributed by atoms with Crippen LogP contribution in [-0.2, 0) is 30.6 Å². The number of carbonyl (C=O) groups excluding carboxylic acids is 1. The topological polar surface area (TPSA) is 44.0 Å². The Labute approximate surface area is 130 Å². The summed E-state index contributed by atoms with van der Waals surface area (Å²) in [5.41, 5.74) is 4.61. The van der Waals surface area contributed by atoms with Crippen molar-refractivity contribution in [3.8, 4) is 0 Å². The SMILES string of the molecule is CC(=O)[O-].CCCC[n+]1cc(CC)cc(CC)c1CCC. The second-order valence-electron chi connectivity index (χ2n) is 5.32. The first-order chi connectivity index (χ1) is 9.99. The predicted octanol–water partition coefficient (Wildman–Crippen LogP) is 2.61. The summed E-state index contributed by atoms with van der Waals surface area (Å²) in [6.45, 7) is 11.2. The molecule has 0 N–H and O–H groups in total. The van der Waals surface area contributed by atoms with E-state index in [9.17, 15) is 0 Å². The quantitative estimate of drug-likeness (QED) is 0.725. The number of rotatable bonds is 7. The van der Waals surface area contributed by atoms with Crippen LogP contribution >= 0.6 is 0 Å². The molecule has 0 bridgehead atoms. The Morgan fingerprint density at radius 3 is 2.19 bits per heavy atom. The van der Waals surface area contributed by atoms with Gasteiger partial charge in [0, 0.05) is 29.9 Å². The third-order valence-electron chi connectivity index (χ3n) is 3.43. The summed E-state index contributed by atoms with van der Waals surface area (Å²) in [5, 5.41) is 8.89. The van der Waals surface area contributed by atoms with Crippen LogP contribution in [0.5, 0.6) is 0 Å². The second-order valence-corrected chi connectivity index (χ2v) is 5.32. The van der Waals surface area contributed by atoms with Crippen LogP contribution in [0.3, 0.4) is 0 Å². The molecule has 0 spiro atoms. The molecular weight excluding hydrogens is 262 g/mol. The van der Waals surface area contributed by atoms with Crippen LogP contribution in [0.1, 0.15) is 70.7 Å². The van der Waals surface area contributed by atoms with E-state index >= 15 is 0 Å². The van der Waals surface area contributed by atoms with Gasteiger partial charge in [0.2, 0.25) is 0 Å². The van der Waals surface area contributed by atoms with Gasteiger partial charge in [-0.2, -0.15) is 0 Å². The van der Waals surface area contributed by atoms with E-state index in [-0.39, 0.29) is 0 Å². The van der Waals surface area contributed by atoms with Gasteiger partial charge in [0.1, 0.15) is 6.54 Å². The van der Waals surface area contributed by atoms with Crippen molar-refractivity contribution >= 4 is 5.97 Å². The number of hydrogen-bond acceptors (Lipinski definition) is 2. The molecule has 3 nitrogen and oxygen atoms in total. The van der Waals surface area contributed by atoms with Gasteiger partial charge in [0.05, 0.1) is 0 Å². The molecule has 0 aliphatic rings. The first-order valence-corrected chi connectivity index (χ1v) is 8.21. The summed E-state index contributed by atoms with van der Waals surface area (Å²) in [6.07, 6.45) is 9.70. The predicted molar refractivity (Wildman–Crippen MR) is 85.0 cm³/mol. The van der Waals surface area contributed by atoms with Crippen molar-refractivity contribution in [3.63, 3.8) is 0 Å². The first-order valence-electron chi connectivity index (χ1n) is 8.21. The number of aliphatic carboxylic acids is 1. The van der Waals surface area contributed by atoms with Gasteiger partial charge in [0.15, 0.2) is 11.9 Å². The monoisotopic (exact) mass is 293 g/mol. The maximum atomic E-state index is 8.89. The smallest absolute Gasteiger partial charge is 0.184 e. The van der Waals surface area contributed by atoms with Crippen molar-refractivity contribution in [2.45, 2.75) is 79.7 Å². The van der Waals surface area contributed by atoms with E-state index in [4.69, 9.17) is 9.90 Å². The van der Waals surface area contributed by atoms with Crippen LogP contribution in [0.25, 0.3) is 0 Å². The van der Waals surface area contributed by atoms with Gasteiger partial charge in [-0.05, 0) is 32.3 Å². The van der Waals surface area contributed by atoms with Gasteiger partial charge in [0.25, 0.3) is 0 Å². The Balaban J connectivity index is 0.000000885. The third-order valence-corrected chi connectivity index (χ3v) is 3.43. The van der Waals surface area contributed by atoms with Crippen molar-refractivity contribution in [2.24, 2.45) is 0 Å². The lowest BCUT2D eigenvalue weighted by atomic mass is 10.0. The van der Waals surface area contributed by atoms with E-state index in [2.05, 4.69) is 44.5 Å². The fourth-order valence-corrected chi connectivity index (χ4v) is 2.38. The van der Waals surface area contributed by atoms with E-state index < -0.39 is 5.97 Å². The summed E-state index contributed by atoms with van der Waals surface area (Å²) < 4.78 is 2.52. The molecule has 0 aliphatic heterocycles. The van der Waals surface area contributed by atoms with Crippen LogP contribution in [0.15, 0.2) is 12.3 Å². The number of hydrogen-bond donors (Lipinski definition) is 0. The number of carboxylic acids is 1. The van der Waals surface area contributed by atoms with E-state index in [0.29, 0.717) is 0 Å². The lowest BCUT2D eigenvalue weighted by molar-refractivity contribution is -0.705. The molecule has 0 saturated carbocycles. The highest BCUT2D eigenvalue weighted by Gasteiger charge is 2.15. The zero-order chi connectivity index (χ0) is 16.3. The zero-order valence-corrected chi connectivity index (χ0v) is 14.4. The molecule has 0 aliphatic carbocycles. The average Bonchev–Trinajstić information content (AvgIpc) is 2.45. The maximum absolute atomic E-state index is 8.89. The molecule has 21 heavy (non-hydrogen) atoms. The van der Waals surface area contributed by atoms with Crippen LogP contribution < -0.4 is 9.67 Å². The normalized spacial score (nSPS) is 9.95. The molecule has 0 unspecified atom stereocenters. The summed E-state index contributed by atoms with van der Waals surface area (Å²) >= 11 is 0. The molecule has 1 aromatic rings. The minimum Gasteiger partial charge on any atom is -0.550 e. The highest BCUT2D eigenvalue weighted by molar-refractivity contribution is 5.60. The highest BCUT2D eigenvalue weighted by atomic mass is 16.4. The van der Waals surface area contributed by atoms with Crippen molar-refractivity contribution in [1.82, 2.24) is 0 Å². The lowest BCUT2D eigenvalue weighted by Crippen LogP contribution is -2.40. The number of unbranched alkanes of at least 4 members (excludes halogenated alkanes) is 1. The molecule has 0 aromatic carbocycles. The molecule has 1 aromatic heterocycles. The van der Waals surface area contributed by atoms with Gasteiger partial charge in [-0.25, -0.2) is 4.57 Å². The van der Waals surface area contributed by atoms with Gasteiger partial charge in [-0.3, -0.25) is 0 Å². The Morgan fingerprint density at radius 1 is 1.14 bits per heavy atom. The van der Waals surface area contributed by atoms with Crippen LogP contribution in [0, 0.1) is 0 Å². The van der Waals surface area contributed by atoms with Gasteiger partial charge < -0.3 is 9.90 Å². The number of pyridine rings is 1. The minimum absolute atomic E-state index is 0.972. The van der Waals surface area contributed by atoms with Crippen molar-refractivity contribution in [2.75, 3.05) is 0 Å². The minimum atomic E-state index is -1.08. The van der Waals surface area contributed by atoms with Crippen LogP contribution in [0.4, 0.5) is 0 Å². The molecule has 1 heterocycles. The Hall–Kier alpha value is -1.38. The summed E-state index contributed by atoms with van der Waals surface area (Å²) in [6, 6.07) is 2.41. The lowest BCUT2D eigenvalue weighted by Gasteiger charge is -2.10. The molecule has 0 fully saturated rings. The average molecular weight is 293 g/mol. The number of aryl methyl sites for hydroxylation is 3. The molecule has 3 heteroatoms. The number of carbonyl (C=O) groups is 1. The number of aromatic nitrogens is 1. The van der Waals surface area contributed by atoms with Crippen molar-refractivity contribution in [1.29, 1.82) is 0 Å². The van der Waals surface area contributed by atoms with E-state index in [1.165, 1.54) is 37.8 Å². The van der Waals surface area contributed by atoms with Crippen LogP contribution in [-0.4, -0.2) is 5.97 Å². The van der Waals surface area contributed by atoms with Crippen molar-refractivity contribution < 1.29 is 14.5 Å². The molecular formula is C18H31NO2. The van der Waals surface area contributed by atoms with Gasteiger partial charge >= 0.3 is 0 Å². The molecule has 1 rings (SSSR count). The molecule has 120 valence electrons. The Kier molecular flexibility index (Phi) is 10.6. The summed E-state index contributed by atoms with van der Waals surface area (Å²) in [5.74, 6) is -1.08. The maximum Gasteiger partial charge on any atom is 0.184 e. The summed E-state index contributed by atoms with van der Waals surface area (Å²) in [7, 11) is 0. The molecule has 0 saturated heterocycles. The van der Waals surface area contributed by atoms with E-state index in [1.807, 2.05) is 0 Å². The first kappa shape index (κ1) is 19.6. The van der Waals surface area contributed by atoms with Gasteiger partial charge in [-0.1, -0.05) is 34.1 Å². The second kappa shape index (κ2) is 11.3. The number of nitrogens with zero attached hydrogens (tertiary/aromatic N) is 1. The molecule has 0 atom stereocenters. The Bertz CT molecular complexity index is 423. The fraction of sp³-hybridized carbons (Fsp3) is 0.667. The third kappa shape index (κ3) is 7.84. The zero-order valence-electron chi connectivity index (χ0n) is 14.4. The largest absolute Gasteiger partial charge is 0.550 e. The van der Waals surface area contributed by atoms with Crippen LogP contribution in [0.2, 0.25) is 0 Å². The van der Waals surface area contributed by atoms with E-state index in [0.717, 1.165) is 19.8 Å². The summed E-state index contributed by atoms with van der Waals surface area (Å²) in [4.78, 5) is 8.89.